The van der Waals surface area contributed by atoms with Crippen molar-refractivity contribution in [2.45, 2.75) is 24.6 Å². The topological polar surface area (TPSA) is 41.1 Å². The molecule has 1 heterocycles. The number of nitrogens with zero attached hydrogens (tertiary/aromatic N) is 3. The van der Waals surface area contributed by atoms with E-state index in [9.17, 15) is 0 Å². The minimum Gasteiger partial charge on any atom is -0.353 e. The molecule has 0 amide bonds. The first kappa shape index (κ1) is 14.7. The lowest BCUT2D eigenvalue weighted by Crippen LogP contribution is -2.21. The molecule has 98 valence electrons. The lowest BCUT2D eigenvalue weighted by molar-refractivity contribution is 0.552. The third kappa shape index (κ3) is 6.24. The van der Waals surface area contributed by atoms with Crippen LogP contribution in [0.25, 0.3) is 0 Å². The van der Waals surface area contributed by atoms with E-state index in [0.717, 1.165) is 34.2 Å². The van der Waals surface area contributed by atoms with E-state index >= 15 is 0 Å². The molecule has 6 heteroatoms. The summed E-state index contributed by atoms with van der Waals surface area (Å²) in [5.41, 5.74) is 0. The maximum atomic E-state index is 4.15. The van der Waals surface area contributed by atoms with Gasteiger partial charge >= 0.3 is 0 Å². The summed E-state index contributed by atoms with van der Waals surface area (Å²) in [6.45, 7) is 6.65. The summed E-state index contributed by atoms with van der Waals surface area (Å²) in [6, 6.07) is 0. The van der Waals surface area contributed by atoms with Gasteiger partial charge in [-0.15, -0.1) is 10.2 Å². The normalized spacial score (nSPS) is 11.1. The highest BCUT2D eigenvalue weighted by molar-refractivity contribution is 8.01. The van der Waals surface area contributed by atoms with Gasteiger partial charge in [0.1, 0.15) is 0 Å². The van der Waals surface area contributed by atoms with Gasteiger partial charge < -0.3 is 10.2 Å². The second-order valence-corrected chi connectivity index (χ2v) is 6.84. The maximum absolute atomic E-state index is 4.15. The zero-order chi connectivity index (χ0) is 12.7. The fourth-order valence-electron chi connectivity index (χ4n) is 1.19. The zero-order valence-electron chi connectivity index (χ0n) is 11.1. The van der Waals surface area contributed by atoms with Crippen molar-refractivity contribution in [3.05, 3.63) is 0 Å². The van der Waals surface area contributed by atoms with E-state index in [0.29, 0.717) is 0 Å². The van der Waals surface area contributed by atoms with Gasteiger partial charge in [-0.25, -0.2) is 0 Å². The highest BCUT2D eigenvalue weighted by Crippen LogP contribution is 2.26. The van der Waals surface area contributed by atoms with Crippen molar-refractivity contribution in [2.75, 3.05) is 37.8 Å². The third-order valence-corrected chi connectivity index (χ3v) is 4.36. The number of hydrogen-bond donors (Lipinski definition) is 1. The van der Waals surface area contributed by atoms with E-state index in [1.807, 2.05) is 19.0 Å². The highest BCUT2D eigenvalue weighted by atomic mass is 32.2. The molecule has 1 aromatic rings. The van der Waals surface area contributed by atoms with Crippen LogP contribution < -0.4 is 10.2 Å². The maximum Gasteiger partial charge on any atom is 0.208 e. The lowest BCUT2D eigenvalue weighted by atomic mass is 10.2. The first-order chi connectivity index (χ1) is 8.09. The van der Waals surface area contributed by atoms with Crippen molar-refractivity contribution < 1.29 is 0 Å². The molecule has 0 unspecified atom stereocenters. The molecular formula is C11H22N4S2. The van der Waals surface area contributed by atoms with E-state index < -0.39 is 0 Å². The smallest absolute Gasteiger partial charge is 0.208 e. The number of hydrogen-bond acceptors (Lipinski definition) is 6. The van der Waals surface area contributed by atoms with Crippen LogP contribution in [-0.4, -0.2) is 43.1 Å². The SMILES string of the molecule is CC(C)CNCCCSc1nnc(N(C)C)s1. The average molecular weight is 274 g/mol. The molecule has 0 saturated carbocycles. The Morgan fingerprint density at radius 3 is 2.71 bits per heavy atom. The van der Waals surface area contributed by atoms with Crippen LogP contribution in [0.2, 0.25) is 0 Å². The predicted molar refractivity (Wildman–Crippen MR) is 77.3 cm³/mol. The molecule has 0 fully saturated rings. The zero-order valence-corrected chi connectivity index (χ0v) is 12.7. The molecule has 0 aliphatic heterocycles. The van der Waals surface area contributed by atoms with Gasteiger partial charge in [0, 0.05) is 19.8 Å². The van der Waals surface area contributed by atoms with Gasteiger partial charge in [0.05, 0.1) is 0 Å². The number of thioether (sulfide) groups is 1. The Labute approximate surface area is 112 Å². The Bertz CT molecular complexity index is 312. The first-order valence-electron chi connectivity index (χ1n) is 5.94. The molecule has 0 bridgehead atoms. The molecule has 0 atom stereocenters. The van der Waals surface area contributed by atoms with Crippen LogP contribution in [0.15, 0.2) is 4.34 Å². The van der Waals surface area contributed by atoms with Gasteiger partial charge in [0.15, 0.2) is 4.34 Å². The van der Waals surface area contributed by atoms with Crippen molar-refractivity contribution in [3.8, 4) is 0 Å². The van der Waals surface area contributed by atoms with E-state index in [4.69, 9.17) is 0 Å². The van der Waals surface area contributed by atoms with Crippen LogP contribution in [-0.2, 0) is 0 Å². The number of aromatic nitrogens is 2. The second kappa shape index (κ2) is 7.89. The fraction of sp³-hybridized carbons (Fsp3) is 0.818. The van der Waals surface area contributed by atoms with Gasteiger partial charge in [0.2, 0.25) is 5.13 Å². The van der Waals surface area contributed by atoms with Gasteiger partial charge in [-0.2, -0.15) is 0 Å². The molecule has 0 aliphatic carbocycles. The molecule has 1 aromatic heterocycles. The van der Waals surface area contributed by atoms with Crippen LogP contribution >= 0.6 is 23.1 Å². The van der Waals surface area contributed by atoms with Gasteiger partial charge in [-0.05, 0) is 25.4 Å². The van der Waals surface area contributed by atoms with E-state index in [-0.39, 0.29) is 0 Å². The summed E-state index contributed by atoms with van der Waals surface area (Å²) in [5, 5.41) is 12.7. The molecule has 4 nitrogen and oxygen atoms in total. The molecule has 0 aromatic carbocycles. The molecule has 17 heavy (non-hydrogen) atoms. The molecule has 1 rings (SSSR count). The second-order valence-electron chi connectivity index (χ2n) is 4.54. The van der Waals surface area contributed by atoms with E-state index in [1.54, 1.807) is 23.1 Å². The largest absolute Gasteiger partial charge is 0.353 e. The van der Waals surface area contributed by atoms with Crippen LogP contribution in [0.3, 0.4) is 0 Å². The average Bonchev–Trinajstić information content (AvgIpc) is 2.71. The Balaban J connectivity index is 2.09. The van der Waals surface area contributed by atoms with Crippen molar-refractivity contribution in [3.63, 3.8) is 0 Å². The predicted octanol–water partition coefficient (Wildman–Crippen LogP) is 2.33. The Morgan fingerprint density at radius 2 is 2.12 bits per heavy atom. The fourth-order valence-corrected chi connectivity index (χ4v) is 2.96. The summed E-state index contributed by atoms with van der Waals surface area (Å²) in [5.74, 6) is 1.83. The van der Waals surface area contributed by atoms with Gasteiger partial charge in [-0.3, -0.25) is 0 Å². The molecule has 0 aliphatic rings. The Morgan fingerprint density at radius 1 is 1.35 bits per heavy atom. The van der Waals surface area contributed by atoms with Crippen LogP contribution in [0.4, 0.5) is 5.13 Å². The number of nitrogens with one attached hydrogen (secondary N) is 1. The first-order valence-corrected chi connectivity index (χ1v) is 7.74. The van der Waals surface area contributed by atoms with E-state index in [1.165, 1.54) is 6.42 Å². The van der Waals surface area contributed by atoms with Crippen LogP contribution in [0.5, 0.6) is 0 Å². The van der Waals surface area contributed by atoms with Crippen LogP contribution in [0.1, 0.15) is 20.3 Å². The van der Waals surface area contributed by atoms with Crippen molar-refractivity contribution in [1.82, 2.24) is 15.5 Å². The highest BCUT2D eigenvalue weighted by Gasteiger charge is 2.05. The molecule has 0 spiro atoms. The molecule has 0 saturated heterocycles. The van der Waals surface area contributed by atoms with Crippen molar-refractivity contribution in [1.29, 1.82) is 0 Å². The van der Waals surface area contributed by atoms with Gasteiger partial charge in [0.25, 0.3) is 0 Å². The van der Waals surface area contributed by atoms with Crippen LogP contribution in [0, 0.1) is 5.92 Å². The van der Waals surface area contributed by atoms with Gasteiger partial charge in [-0.1, -0.05) is 36.9 Å². The molecular weight excluding hydrogens is 252 g/mol. The standard InChI is InChI=1S/C11H22N4S2/c1-9(2)8-12-6-5-7-16-11-14-13-10(17-11)15(3)4/h9,12H,5-8H2,1-4H3. The summed E-state index contributed by atoms with van der Waals surface area (Å²) in [7, 11) is 3.98. The number of rotatable bonds is 8. The summed E-state index contributed by atoms with van der Waals surface area (Å²) in [6.07, 6.45) is 1.17. The third-order valence-electron chi connectivity index (χ3n) is 2.05. The minimum atomic E-state index is 0.730. The summed E-state index contributed by atoms with van der Waals surface area (Å²) < 4.78 is 1.07. The quantitative estimate of drug-likeness (QED) is 0.582. The van der Waals surface area contributed by atoms with E-state index in [2.05, 4.69) is 29.4 Å². The van der Waals surface area contributed by atoms with Crippen molar-refractivity contribution in [2.24, 2.45) is 5.92 Å². The monoisotopic (exact) mass is 274 g/mol. The van der Waals surface area contributed by atoms with Crippen molar-refractivity contribution >= 4 is 28.2 Å². The Hall–Kier alpha value is -0.330. The molecule has 0 radical (unpaired) electrons. The Kier molecular flexibility index (Phi) is 6.84. The minimum absolute atomic E-state index is 0.730. The molecule has 1 N–H and O–H groups in total. The summed E-state index contributed by atoms with van der Waals surface area (Å²) in [4.78, 5) is 1.99. The number of anilines is 1. The lowest BCUT2D eigenvalue weighted by Gasteiger charge is -2.06. The summed E-state index contributed by atoms with van der Waals surface area (Å²) >= 11 is 3.45.